The zero-order chi connectivity index (χ0) is 12.2. The van der Waals surface area contributed by atoms with Crippen LogP contribution in [-0.2, 0) is 14.3 Å². The van der Waals surface area contributed by atoms with Gasteiger partial charge in [-0.3, -0.25) is 9.59 Å². The molecule has 0 radical (unpaired) electrons. The number of aliphatic carboxylic acids is 1. The third-order valence-electron chi connectivity index (χ3n) is 2.28. The van der Waals surface area contributed by atoms with Gasteiger partial charge < -0.3 is 22.1 Å². The number of carboxylic acid groups (broad SMARTS) is 1. The molecule has 0 aliphatic carbocycles. The van der Waals surface area contributed by atoms with Crippen LogP contribution in [0.15, 0.2) is 0 Å². The molecular formula is C12H28N2O4. The minimum atomic E-state index is -0.812. The average Bonchev–Trinajstić information content (AvgIpc) is 2.24. The molecule has 0 aliphatic heterocycles. The first-order valence-corrected chi connectivity index (χ1v) is 6.04. The Bertz CT molecular complexity index is 210. The number of carbonyl (C=O) groups is 2. The zero-order valence-electron chi connectivity index (χ0n) is 11.5. The number of hydrogen-bond acceptors (Lipinski definition) is 5. The van der Waals surface area contributed by atoms with Gasteiger partial charge in [-0.1, -0.05) is 26.2 Å². The number of carboxylic acids is 1. The SMILES string of the molecule is CCCCCCOC(=O)CCCCC(=O)O.N.N. The van der Waals surface area contributed by atoms with Crippen molar-refractivity contribution in [1.29, 1.82) is 0 Å². The van der Waals surface area contributed by atoms with Crippen LogP contribution in [0.1, 0.15) is 58.3 Å². The van der Waals surface area contributed by atoms with E-state index in [1.807, 2.05) is 0 Å². The molecule has 18 heavy (non-hydrogen) atoms. The summed E-state index contributed by atoms with van der Waals surface area (Å²) in [7, 11) is 0. The van der Waals surface area contributed by atoms with E-state index in [1.54, 1.807) is 0 Å². The van der Waals surface area contributed by atoms with Crippen LogP contribution in [-0.4, -0.2) is 23.7 Å². The van der Waals surface area contributed by atoms with E-state index >= 15 is 0 Å². The fraction of sp³-hybridized carbons (Fsp3) is 0.833. The summed E-state index contributed by atoms with van der Waals surface area (Å²) in [5, 5.41) is 8.39. The van der Waals surface area contributed by atoms with Gasteiger partial charge in [-0.15, -0.1) is 0 Å². The van der Waals surface area contributed by atoms with Crippen molar-refractivity contribution in [2.24, 2.45) is 0 Å². The standard InChI is InChI=1S/C12H22O4.2H3N/c1-2-3-4-7-10-16-12(15)9-6-5-8-11(13)14;;/h2-10H2,1H3,(H,13,14);2*1H3. The molecule has 0 aliphatic rings. The summed E-state index contributed by atoms with van der Waals surface area (Å²) in [5.41, 5.74) is 0. The van der Waals surface area contributed by atoms with Crippen LogP contribution in [0.4, 0.5) is 0 Å². The fourth-order valence-corrected chi connectivity index (χ4v) is 1.33. The van der Waals surface area contributed by atoms with Crippen molar-refractivity contribution in [1.82, 2.24) is 12.3 Å². The second kappa shape index (κ2) is 15.9. The number of hydrogen-bond donors (Lipinski definition) is 3. The third-order valence-corrected chi connectivity index (χ3v) is 2.28. The van der Waals surface area contributed by atoms with Gasteiger partial charge in [0.2, 0.25) is 0 Å². The van der Waals surface area contributed by atoms with E-state index in [-0.39, 0.29) is 24.7 Å². The first kappa shape index (κ1) is 22.1. The van der Waals surface area contributed by atoms with E-state index < -0.39 is 5.97 Å². The zero-order valence-corrected chi connectivity index (χ0v) is 11.5. The summed E-state index contributed by atoms with van der Waals surface area (Å²) >= 11 is 0. The summed E-state index contributed by atoms with van der Waals surface area (Å²) in [6.07, 6.45) is 5.97. The topological polar surface area (TPSA) is 134 Å². The maximum absolute atomic E-state index is 11.2. The fourth-order valence-electron chi connectivity index (χ4n) is 1.33. The highest BCUT2D eigenvalue weighted by atomic mass is 16.5. The van der Waals surface area contributed by atoms with Crippen LogP contribution < -0.4 is 12.3 Å². The van der Waals surface area contributed by atoms with Gasteiger partial charge in [0.15, 0.2) is 0 Å². The lowest BCUT2D eigenvalue weighted by atomic mass is 10.2. The summed E-state index contributed by atoms with van der Waals surface area (Å²) < 4.78 is 5.01. The molecule has 0 rings (SSSR count). The van der Waals surface area contributed by atoms with E-state index in [1.165, 1.54) is 12.8 Å². The molecule has 0 amide bonds. The van der Waals surface area contributed by atoms with Crippen molar-refractivity contribution in [3.05, 3.63) is 0 Å². The van der Waals surface area contributed by atoms with Gasteiger partial charge in [-0.2, -0.15) is 0 Å². The second-order valence-electron chi connectivity index (χ2n) is 3.88. The van der Waals surface area contributed by atoms with Crippen molar-refractivity contribution in [3.63, 3.8) is 0 Å². The molecule has 6 heteroatoms. The maximum atomic E-state index is 11.2. The molecule has 110 valence electrons. The van der Waals surface area contributed by atoms with Gasteiger partial charge in [-0.05, 0) is 19.3 Å². The highest BCUT2D eigenvalue weighted by Gasteiger charge is 2.03. The highest BCUT2D eigenvalue weighted by molar-refractivity contribution is 5.69. The molecule has 7 N–H and O–H groups in total. The predicted molar refractivity (Wildman–Crippen MR) is 71.2 cm³/mol. The van der Waals surface area contributed by atoms with E-state index in [0.29, 0.717) is 25.9 Å². The predicted octanol–water partition coefficient (Wildman–Crippen LogP) is 3.08. The van der Waals surface area contributed by atoms with Crippen LogP contribution in [0.25, 0.3) is 0 Å². The first-order chi connectivity index (χ1) is 7.66. The highest BCUT2D eigenvalue weighted by Crippen LogP contribution is 2.03. The lowest BCUT2D eigenvalue weighted by molar-refractivity contribution is -0.144. The van der Waals surface area contributed by atoms with Crippen LogP contribution in [0, 0.1) is 0 Å². The molecule has 6 nitrogen and oxygen atoms in total. The molecule has 0 fully saturated rings. The summed E-state index contributed by atoms with van der Waals surface area (Å²) in [4.78, 5) is 21.4. The van der Waals surface area contributed by atoms with Gasteiger partial charge in [0.1, 0.15) is 0 Å². The molecule has 0 atom stereocenters. The third kappa shape index (κ3) is 17.3. The Morgan fingerprint density at radius 2 is 1.56 bits per heavy atom. The Labute approximate surface area is 109 Å². The van der Waals surface area contributed by atoms with Crippen molar-refractivity contribution in [2.75, 3.05) is 6.61 Å². The Balaban J connectivity index is -0.00000112. The van der Waals surface area contributed by atoms with Crippen molar-refractivity contribution >= 4 is 11.9 Å². The van der Waals surface area contributed by atoms with Crippen molar-refractivity contribution in [2.45, 2.75) is 58.3 Å². The van der Waals surface area contributed by atoms with Gasteiger partial charge in [0, 0.05) is 12.8 Å². The van der Waals surface area contributed by atoms with Gasteiger partial charge >= 0.3 is 11.9 Å². The minimum absolute atomic E-state index is 0. The summed E-state index contributed by atoms with van der Waals surface area (Å²) in [5.74, 6) is -1.02. The lowest BCUT2D eigenvalue weighted by Crippen LogP contribution is -2.06. The molecule has 0 aromatic rings. The molecular weight excluding hydrogens is 236 g/mol. The van der Waals surface area contributed by atoms with E-state index in [2.05, 4.69) is 6.92 Å². The van der Waals surface area contributed by atoms with Gasteiger partial charge in [0.05, 0.1) is 6.61 Å². The Morgan fingerprint density at radius 1 is 0.944 bits per heavy atom. The maximum Gasteiger partial charge on any atom is 0.305 e. The molecule has 0 bridgehead atoms. The normalized spacial score (nSPS) is 8.94. The van der Waals surface area contributed by atoms with Crippen LogP contribution in [0.2, 0.25) is 0 Å². The van der Waals surface area contributed by atoms with Gasteiger partial charge in [-0.25, -0.2) is 0 Å². The molecule has 0 spiro atoms. The van der Waals surface area contributed by atoms with Gasteiger partial charge in [0.25, 0.3) is 0 Å². The van der Waals surface area contributed by atoms with Crippen LogP contribution in [0.5, 0.6) is 0 Å². The molecule has 0 aromatic carbocycles. The number of ether oxygens (including phenoxy) is 1. The summed E-state index contributed by atoms with van der Waals surface area (Å²) in [6, 6.07) is 0. The molecule has 0 heterocycles. The second-order valence-corrected chi connectivity index (χ2v) is 3.88. The van der Waals surface area contributed by atoms with E-state index in [9.17, 15) is 9.59 Å². The van der Waals surface area contributed by atoms with Crippen LogP contribution in [0.3, 0.4) is 0 Å². The monoisotopic (exact) mass is 264 g/mol. The molecule has 0 saturated carbocycles. The largest absolute Gasteiger partial charge is 0.481 e. The smallest absolute Gasteiger partial charge is 0.305 e. The number of esters is 1. The number of carbonyl (C=O) groups excluding carboxylic acids is 1. The lowest BCUT2D eigenvalue weighted by Gasteiger charge is -2.03. The number of rotatable bonds is 10. The van der Waals surface area contributed by atoms with E-state index in [4.69, 9.17) is 9.84 Å². The quantitative estimate of drug-likeness (QED) is 0.410. The van der Waals surface area contributed by atoms with Crippen molar-refractivity contribution in [3.8, 4) is 0 Å². The number of unbranched alkanes of at least 4 members (excludes halogenated alkanes) is 4. The first-order valence-electron chi connectivity index (χ1n) is 6.04. The van der Waals surface area contributed by atoms with Crippen LogP contribution >= 0.6 is 0 Å². The van der Waals surface area contributed by atoms with E-state index in [0.717, 1.165) is 12.8 Å². The molecule has 0 unspecified atom stereocenters. The Morgan fingerprint density at radius 3 is 2.11 bits per heavy atom. The Kier molecular flexibility index (Phi) is 19.5. The summed E-state index contributed by atoms with van der Waals surface area (Å²) in [6.45, 7) is 2.63. The van der Waals surface area contributed by atoms with Crippen molar-refractivity contribution < 1.29 is 19.4 Å². The molecule has 0 saturated heterocycles. The minimum Gasteiger partial charge on any atom is -0.481 e. The average molecular weight is 264 g/mol. The Hall–Kier alpha value is -1.14. The molecule has 0 aromatic heterocycles.